The second kappa shape index (κ2) is 19.1. The van der Waals surface area contributed by atoms with E-state index >= 15 is 0 Å². The minimum absolute atomic E-state index is 0. The second-order valence-electron chi connectivity index (χ2n) is 4.32. The molecular weight excluding hydrogens is 367 g/mol. The predicted molar refractivity (Wildman–Crippen MR) is 98.7 cm³/mol. The van der Waals surface area contributed by atoms with Gasteiger partial charge in [0.15, 0.2) is 0 Å². The first-order valence-corrected chi connectivity index (χ1v) is 7.55. The Labute approximate surface area is 165 Å². The van der Waals surface area contributed by atoms with Gasteiger partial charge in [-0.2, -0.15) is 109 Å². The van der Waals surface area contributed by atoms with Crippen molar-refractivity contribution in [2.24, 2.45) is 0 Å². The molecule has 0 bridgehead atoms. The quantitative estimate of drug-likeness (QED) is 0.417. The van der Waals surface area contributed by atoms with Gasteiger partial charge in [0.05, 0.1) is 0 Å². The number of hydrogen-bond acceptors (Lipinski definition) is 0. The maximum atomic E-state index is 2.89. The fraction of sp³-hybridized carbons (Fsp3) is 0.0435. The Morgan fingerprint density at radius 1 is 0.417 bits per heavy atom. The molecule has 24 heavy (non-hydrogen) atoms. The van der Waals surface area contributed by atoms with Crippen molar-refractivity contribution in [3.8, 4) is 0 Å². The molecule has 0 aromatic heterocycles. The van der Waals surface area contributed by atoms with Gasteiger partial charge in [-0.3, -0.25) is 0 Å². The van der Waals surface area contributed by atoms with E-state index in [1.165, 1.54) is 0 Å². The predicted octanol–water partition coefficient (Wildman–Crippen LogP) is 5.96. The Balaban J connectivity index is 0.000000291. The molecule has 4 rings (SSSR count). The minimum atomic E-state index is 0. The molecule has 0 aliphatic heterocycles. The fourth-order valence-corrected chi connectivity index (χ4v) is 1.42. The molecule has 3 aromatic carbocycles. The smallest absolute Gasteiger partial charge is 0.184 e. The first-order valence-electron chi connectivity index (χ1n) is 7.55. The summed E-state index contributed by atoms with van der Waals surface area (Å²) in [6, 6.07) is 37.5. The van der Waals surface area contributed by atoms with Gasteiger partial charge in [0.25, 0.3) is 0 Å². The molecule has 0 amide bonds. The van der Waals surface area contributed by atoms with Crippen molar-refractivity contribution in [2.75, 3.05) is 0 Å². The van der Waals surface area contributed by atoms with E-state index in [4.69, 9.17) is 0 Å². The summed E-state index contributed by atoms with van der Waals surface area (Å²) in [5, 5.41) is 0. The van der Waals surface area contributed by atoms with Gasteiger partial charge in [-0.15, -0.1) is 0 Å². The maximum Gasteiger partial charge on any atom is 3.00 e. The Hall–Kier alpha value is -1.98. The van der Waals surface area contributed by atoms with Crippen molar-refractivity contribution in [3.63, 3.8) is 0 Å². The van der Waals surface area contributed by atoms with Crippen molar-refractivity contribution in [3.05, 3.63) is 133 Å². The fourth-order valence-electron chi connectivity index (χ4n) is 1.42. The van der Waals surface area contributed by atoms with Crippen LogP contribution in [0.15, 0.2) is 115 Å². The monoisotopic (exact) mass is 387 g/mol. The molecule has 0 atom stereocenters. The molecule has 0 spiro atoms. The van der Waals surface area contributed by atoms with E-state index in [1.54, 1.807) is 0 Å². The summed E-state index contributed by atoms with van der Waals surface area (Å²) < 4.78 is 0. The van der Waals surface area contributed by atoms with Gasteiger partial charge in [-0.05, 0) is 6.42 Å². The van der Waals surface area contributed by atoms with Crippen LogP contribution in [0.2, 0.25) is 0 Å². The molecule has 117 valence electrons. The normalized spacial score (nSPS) is 9.67. The largest absolute Gasteiger partial charge is 3.00 e. The summed E-state index contributed by atoms with van der Waals surface area (Å²) in [7, 11) is 0. The molecule has 1 aliphatic carbocycles. The van der Waals surface area contributed by atoms with E-state index in [0.29, 0.717) is 0 Å². The third-order valence-corrected chi connectivity index (χ3v) is 2.48. The molecule has 1 radical (unpaired) electrons. The molecule has 1 aliphatic rings. The third-order valence-electron chi connectivity index (χ3n) is 2.48. The Bertz CT molecular complexity index is 436. The Morgan fingerprint density at radius 2 is 0.708 bits per heavy atom. The third kappa shape index (κ3) is 16.4. The maximum absolute atomic E-state index is 2.89. The van der Waals surface area contributed by atoms with Crippen LogP contribution in [0.5, 0.6) is 0 Å². The van der Waals surface area contributed by atoms with Crippen LogP contribution in [0.25, 0.3) is 0 Å². The average Bonchev–Trinajstić information content (AvgIpc) is 3.27. The van der Waals surface area contributed by atoms with Gasteiger partial charge in [0, 0.05) is 0 Å². The van der Waals surface area contributed by atoms with E-state index < -0.39 is 0 Å². The molecule has 0 saturated carbocycles. The molecule has 3 aromatic rings. The summed E-state index contributed by atoms with van der Waals surface area (Å²) in [6.45, 7) is 0. The molecular formula is C23H21Zr. The first kappa shape index (κ1) is 22.0. The SMILES string of the molecule is C1=CCC=C1.[Zr+3].[c-]1ccccc1.[c-]1ccccc1.[c-]1ccccc1. The average molecular weight is 389 g/mol. The molecule has 0 heterocycles. The molecule has 0 saturated heterocycles. The molecule has 0 unspecified atom stereocenters. The zero-order valence-corrected chi connectivity index (χ0v) is 16.1. The molecule has 0 fully saturated rings. The first-order chi connectivity index (χ1) is 11.5. The number of hydrogen-bond donors (Lipinski definition) is 0. The van der Waals surface area contributed by atoms with Crippen molar-refractivity contribution in [1.82, 2.24) is 0 Å². The zero-order valence-electron chi connectivity index (χ0n) is 13.7. The summed E-state index contributed by atoms with van der Waals surface area (Å²) >= 11 is 0. The van der Waals surface area contributed by atoms with Gasteiger partial charge in [0.1, 0.15) is 0 Å². The van der Waals surface area contributed by atoms with Gasteiger partial charge in [0.2, 0.25) is 0 Å². The van der Waals surface area contributed by atoms with Crippen LogP contribution in [-0.2, 0) is 26.2 Å². The summed E-state index contributed by atoms with van der Waals surface area (Å²) in [4.78, 5) is 0. The van der Waals surface area contributed by atoms with Crippen LogP contribution in [0.3, 0.4) is 0 Å². The second-order valence-corrected chi connectivity index (χ2v) is 4.32. The molecule has 0 nitrogen and oxygen atoms in total. The van der Waals surface area contributed by atoms with Crippen molar-refractivity contribution in [2.45, 2.75) is 6.42 Å². The van der Waals surface area contributed by atoms with E-state index in [1.807, 2.05) is 91.0 Å². The number of rotatable bonds is 0. The topological polar surface area (TPSA) is 0 Å². The van der Waals surface area contributed by atoms with Gasteiger partial charge < -0.3 is 0 Å². The van der Waals surface area contributed by atoms with Crippen molar-refractivity contribution < 1.29 is 26.2 Å². The number of allylic oxidation sites excluding steroid dienone is 4. The van der Waals surface area contributed by atoms with Crippen LogP contribution in [0.4, 0.5) is 0 Å². The van der Waals surface area contributed by atoms with Crippen molar-refractivity contribution >= 4 is 0 Å². The minimum Gasteiger partial charge on any atom is -0.184 e. The van der Waals surface area contributed by atoms with Crippen LogP contribution in [0.1, 0.15) is 6.42 Å². The zero-order chi connectivity index (χ0) is 16.3. The summed E-state index contributed by atoms with van der Waals surface area (Å²) in [5.41, 5.74) is 0. The van der Waals surface area contributed by atoms with Crippen LogP contribution >= 0.6 is 0 Å². The van der Waals surface area contributed by atoms with E-state index in [0.717, 1.165) is 6.42 Å². The number of benzene rings is 3. The summed E-state index contributed by atoms with van der Waals surface area (Å²) in [6.07, 6.45) is 9.50. The van der Waals surface area contributed by atoms with Gasteiger partial charge >= 0.3 is 26.2 Å². The van der Waals surface area contributed by atoms with Crippen molar-refractivity contribution in [1.29, 1.82) is 0 Å². The summed E-state index contributed by atoms with van der Waals surface area (Å²) in [5.74, 6) is 0. The van der Waals surface area contributed by atoms with E-state index in [9.17, 15) is 0 Å². The van der Waals surface area contributed by atoms with Crippen LogP contribution in [-0.4, -0.2) is 0 Å². The van der Waals surface area contributed by atoms with Gasteiger partial charge in [-0.25, -0.2) is 0 Å². The standard InChI is InChI=1S/3C6H5.C5H6.Zr/c3*1-2-4-6-5-3-1;1-2-4-5-3-1;/h3*1-5H;1-4H,5H2;/q3*-1;;+3. The van der Waals surface area contributed by atoms with E-state index in [-0.39, 0.29) is 26.2 Å². The van der Waals surface area contributed by atoms with Crippen LogP contribution in [0, 0.1) is 18.2 Å². The van der Waals surface area contributed by atoms with E-state index in [2.05, 4.69) is 42.5 Å². The molecule has 0 N–H and O–H groups in total. The Morgan fingerprint density at radius 3 is 0.792 bits per heavy atom. The van der Waals surface area contributed by atoms with Gasteiger partial charge in [-0.1, -0.05) is 24.3 Å². The Kier molecular flexibility index (Phi) is 17.5. The van der Waals surface area contributed by atoms with Crippen LogP contribution < -0.4 is 0 Å². The molecule has 1 heteroatoms.